The molecule has 5 aromatic rings. The maximum absolute atomic E-state index is 13.3. The first kappa shape index (κ1) is 19.8. The topological polar surface area (TPSA) is 91.8 Å². The Balaban J connectivity index is 1.63. The van der Waals surface area contributed by atoms with E-state index in [0.717, 1.165) is 17.1 Å². The van der Waals surface area contributed by atoms with E-state index in [1.165, 1.54) is 0 Å². The number of carbonyl (C=O) groups is 1. The summed E-state index contributed by atoms with van der Waals surface area (Å²) in [7, 11) is 0. The Morgan fingerprint density at radius 3 is 2.31 bits per heavy atom. The Kier molecular flexibility index (Phi) is 5.03. The van der Waals surface area contributed by atoms with Gasteiger partial charge in [-0.2, -0.15) is 0 Å². The number of nitrogens with zero attached hydrogens (tertiary/aromatic N) is 1. The van der Waals surface area contributed by atoms with Crippen LogP contribution in [0.3, 0.4) is 0 Å². The molecule has 0 aliphatic carbocycles. The molecular formula is C26H21N3O3. The fraction of sp³-hybridized carbons (Fsp3) is 0.115. The largest absolute Gasteiger partial charge is 0.466 e. The summed E-state index contributed by atoms with van der Waals surface area (Å²) in [6, 6.07) is 22.3. The van der Waals surface area contributed by atoms with Gasteiger partial charge in [0.25, 0.3) is 5.56 Å². The molecule has 0 atom stereocenters. The van der Waals surface area contributed by atoms with E-state index in [1.807, 2.05) is 67.6 Å². The van der Waals surface area contributed by atoms with Crippen LogP contribution in [0.4, 0.5) is 0 Å². The zero-order valence-electron chi connectivity index (χ0n) is 17.5. The van der Waals surface area contributed by atoms with E-state index >= 15 is 0 Å². The summed E-state index contributed by atoms with van der Waals surface area (Å²) in [5, 5.41) is 0.382. The number of H-pyrrole nitrogens is 2. The lowest BCUT2D eigenvalue weighted by atomic mass is 9.98. The average molecular weight is 423 g/mol. The van der Waals surface area contributed by atoms with Crippen LogP contribution in [-0.2, 0) is 12.8 Å². The second kappa shape index (κ2) is 8.15. The van der Waals surface area contributed by atoms with Crippen LogP contribution in [0, 0.1) is 6.92 Å². The molecule has 0 saturated heterocycles. The van der Waals surface area contributed by atoms with Crippen molar-refractivity contribution < 1.29 is 9.21 Å². The molecule has 0 aliphatic heterocycles. The summed E-state index contributed by atoms with van der Waals surface area (Å²) in [6.07, 6.45) is 1.13. The number of aromatic amines is 2. The minimum Gasteiger partial charge on any atom is -0.466 e. The van der Waals surface area contributed by atoms with Crippen LogP contribution in [0.15, 0.2) is 82.0 Å². The van der Waals surface area contributed by atoms with Crippen molar-refractivity contribution >= 4 is 16.8 Å². The third-order valence-electron chi connectivity index (χ3n) is 5.44. The van der Waals surface area contributed by atoms with Crippen molar-refractivity contribution in [3.05, 3.63) is 112 Å². The lowest BCUT2D eigenvalue weighted by Gasteiger charge is -2.05. The predicted molar refractivity (Wildman–Crippen MR) is 123 cm³/mol. The third-order valence-corrected chi connectivity index (χ3v) is 5.44. The van der Waals surface area contributed by atoms with Gasteiger partial charge in [0.05, 0.1) is 11.1 Å². The van der Waals surface area contributed by atoms with Crippen molar-refractivity contribution in [1.82, 2.24) is 15.0 Å². The number of hydrogen-bond acceptors (Lipinski definition) is 4. The van der Waals surface area contributed by atoms with Crippen LogP contribution >= 0.6 is 0 Å². The fourth-order valence-electron chi connectivity index (χ4n) is 3.93. The highest BCUT2D eigenvalue weighted by Crippen LogP contribution is 2.31. The first-order valence-electron chi connectivity index (χ1n) is 10.5. The van der Waals surface area contributed by atoms with Gasteiger partial charge in [-0.25, -0.2) is 4.98 Å². The summed E-state index contributed by atoms with van der Waals surface area (Å²) in [5.74, 6) is 2.03. The molecule has 158 valence electrons. The summed E-state index contributed by atoms with van der Waals surface area (Å²) in [5.41, 5.74) is 2.37. The normalized spacial score (nSPS) is 11.2. The maximum atomic E-state index is 13.3. The second-order valence-corrected chi connectivity index (χ2v) is 7.68. The molecule has 0 amide bonds. The van der Waals surface area contributed by atoms with Gasteiger partial charge in [0.15, 0.2) is 0 Å². The second-order valence-electron chi connectivity index (χ2n) is 7.68. The zero-order chi connectivity index (χ0) is 22.1. The number of benzene rings is 2. The quantitative estimate of drug-likeness (QED) is 0.383. The molecular weight excluding hydrogens is 402 g/mol. The van der Waals surface area contributed by atoms with E-state index < -0.39 is 0 Å². The van der Waals surface area contributed by atoms with E-state index in [4.69, 9.17) is 4.42 Å². The Labute approximate surface area is 184 Å². The van der Waals surface area contributed by atoms with Gasteiger partial charge < -0.3 is 14.4 Å². The molecule has 6 heteroatoms. The Bertz CT molecular complexity index is 1460. The van der Waals surface area contributed by atoms with Crippen molar-refractivity contribution in [1.29, 1.82) is 0 Å². The lowest BCUT2D eigenvalue weighted by Crippen LogP contribution is -2.12. The highest BCUT2D eigenvalue weighted by Gasteiger charge is 2.23. The maximum Gasteiger partial charge on any atom is 0.261 e. The highest BCUT2D eigenvalue weighted by molar-refractivity contribution is 6.16. The van der Waals surface area contributed by atoms with E-state index in [9.17, 15) is 9.59 Å². The van der Waals surface area contributed by atoms with Gasteiger partial charge in [-0.05, 0) is 24.6 Å². The summed E-state index contributed by atoms with van der Waals surface area (Å²) in [4.78, 5) is 37.1. The van der Waals surface area contributed by atoms with Gasteiger partial charge in [0.2, 0.25) is 5.78 Å². The van der Waals surface area contributed by atoms with Gasteiger partial charge >= 0.3 is 0 Å². The first-order valence-corrected chi connectivity index (χ1v) is 10.5. The Morgan fingerprint density at radius 1 is 0.906 bits per heavy atom. The summed E-state index contributed by atoms with van der Waals surface area (Å²) >= 11 is 0. The van der Waals surface area contributed by atoms with E-state index in [1.54, 1.807) is 12.1 Å². The minimum atomic E-state index is -0.275. The molecule has 0 unspecified atom stereocenters. The molecule has 32 heavy (non-hydrogen) atoms. The Morgan fingerprint density at radius 2 is 1.62 bits per heavy atom. The van der Waals surface area contributed by atoms with Crippen LogP contribution in [0.5, 0.6) is 0 Å². The molecule has 3 heterocycles. The highest BCUT2D eigenvalue weighted by atomic mass is 16.3. The van der Waals surface area contributed by atoms with Crippen LogP contribution in [-0.4, -0.2) is 20.7 Å². The first-order chi connectivity index (χ1) is 15.6. The van der Waals surface area contributed by atoms with Crippen LogP contribution in [0.2, 0.25) is 0 Å². The molecule has 0 spiro atoms. The number of aryl methyl sites for hydroxylation is 3. The predicted octanol–water partition coefficient (Wildman–Crippen LogP) is 4.84. The van der Waals surface area contributed by atoms with Crippen LogP contribution in [0.25, 0.3) is 22.2 Å². The van der Waals surface area contributed by atoms with Gasteiger partial charge in [-0.3, -0.25) is 9.59 Å². The Hall–Kier alpha value is -4.19. The molecule has 0 saturated carbocycles. The molecule has 2 N–H and O–H groups in total. The molecule has 0 radical (unpaired) electrons. The van der Waals surface area contributed by atoms with Crippen LogP contribution in [0.1, 0.15) is 33.4 Å². The number of rotatable bonds is 6. The minimum absolute atomic E-state index is 0.186. The molecule has 5 rings (SSSR count). The summed E-state index contributed by atoms with van der Waals surface area (Å²) in [6.45, 7) is 1.89. The van der Waals surface area contributed by atoms with Gasteiger partial charge in [-0.1, -0.05) is 60.7 Å². The van der Waals surface area contributed by atoms with E-state index in [0.29, 0.717) is 46.5 Å². The number of hydrogen-bond donors (Lipinski definition) is 2. The van der Waals surface area contributed by atoms with Gasteiger partial charge in [-0.15, -0.1) is 0 Å². The summed E-state index contributed by atoms with van der Waals surface area (Å²) < 4.78 is 5.61. The monoisotopic (exact) mass is 423 g/mol. The molecule has 3 aromatic heterocycles. The number of aromatic nitrogens is 3. The van der Waals surface area contributed by atoms with Gasteiger partial charge in [0, 0.05) is 24.0 Å². The van der Waals surface area contributed by atoms with Gasteiger partial charge in [0.1, 0.15) is 23.0 Å². The molecule has 0 fully saturated rings. The smallest absolute Gasteiger partial charge is 0.261 e. The standard InChI is InChI=1S/C26H21N3O3/c1-16-12-13-19(32-16)14-15-20-27-25-22(26(31)28-20)21(17-8-4-2-5-9-17)23(29-25)24(30)18-10-6-3-7-11-18/h2-13H,14-15H2,1H3,(H2,27,28,29,31). The number of ketones is 1. The van der Waals surface area contributed by atoms with Crippen molar-refractivity contribution in [3.8, 4) is 11.1 Å². The lowest BCUT2D eigenvalue weighted by molar-refractivity contribution is 0.103. The number of furan rings is 1. The molecule has 6 nitrogen and oxygen atoms in total. The van der Waals surface area contributed by atoms with Crippen molar-refractivity contribution in [2.24, 2.45) is 0 Å². The zero-order valence-corrected chi connectivity index (χ0v) is 17.5. The van der Waals surface area contributed by atoms with Crippen molar-refractivity contribution in [3.63, 3.8) is 0 Å². The third kappa shape index (κ3) is 3.67. The molecule has 0 bridgehead atoms. The number of carbonyl (C=O) groups excluding carboxylic acids is 1. The number of fused-ring (bicyclic) bond motifs is 1. The van der Waals surface area contributed by atoms with E-state index in [2.05, 4.69) is 15.0 Å². The molecule has 2 aromatic carbocycles. The number of nitrogens with one attached hydrogen (secondary N) is 2. The SMILES string of the molecule is Cc1ccc(CCc2nc3[nH]c(C(=O)c4ccccc4)c(-c4ccccc4)c3c(=O)[nH]2)o1. The van der Waals surface area contributed by atoms with E-state index in [-0.39, 0.29) is 11.3 Å². The molecule has 0 aliphatic rings. The van der Waals surface area contributed by atoms with Crippen molar-refractivity contribution in [2.75, 3.05) is 0 Å². The fourth-order valence-corrected chi connectivity index (χ4v) is 3.93. The van der Waals surface area contributed by atoms with Crippen molar-refractivity contribution in [2.45, 2.75) is 19.8 Å². The average Bonchev–Trinajstić information content (AvgIpc) is 3.42. The van der Waals surface area contributed by atoms with Crippen LogP contribution < -0.4 is 5.56 Å².